The zero-order valence-corrected chi connectivity index (χ0v) is 8.42. The molecule has 11 heavy (non-hydrogen) atoms. The van der Waals surface area contributed by atoms with Crippen LogP contribution in [0, 0.1) is 0 Å². The maximum Gasteiger partial charge on any atom is 0.0545 e. The van der Waals surface area contributed by atoms with Crippen molar-refractivity contribution in [2.24, 2.45) is 0 Å². The lowest BCUT2D eigenvalue weighted by Crippen LogP contribution is -2.11. The van der Waals surface area contributed by atoms with Crippen molar-refractivity contribution in [2.45, 2.75) is 13.0 Å². The Bertz CT molecular complexity index is 240. The third-order valence-electron chi connectivity index (χ3n) is 1.73. The van der Waals surface area contributed by atoms with E-state index in [4.69, 9.17) is 0 Å². The van der Waals surface area contributed by atoms with Crippen LogP contribution in [0.4, 0.5) is 0 Å². The topological polar surface area (TPSA) is 0 Å². The van der Waals surface area contributed by atoms with E-state index < -0.39 is 0 Å². The Morgan fingerprint density at radius 1 is 1.55 bits per heavy atom. The van der Waals surface area contributed by atoms with Gasteiger partial charge in [-0.15, -0.1) is 0 Å². The van der Waals surface area contributed by atoms with Gasteiger partial charge < -0.3 is 0 Å². The highest BCUT2D eigenvalue weighted by molar-refractivity contribution is 6.53. The highest BCUT2D eigenvalue weighted by Crippen LogP contribution is 1.97. The number of hydrogen-bond acceptors (Lipinski definition) is 0. The molecule has 0 N–H and O–H groups in total. The van der Waals surface area contributed by atoms with Gasteiger partial charge in [-0.2, -0.15) is 0 Å². The van der Waals surface area contributed by atoms with E-state index in [1.165, 1.54) is 11.6 Å². The molecule has 1 rings (SSSR count). The summed E-state index contributed by atoms with van der Waals surface area (Å²) in [5.74, 6) is 0. The molecule has 1 heteroatoms. The summed E-state index contributed by atoms with van der Waals surface area (Å²) < 4.78 is 0. The first kappa shape index (κ1) is 8.28. The van der Waals surface area contributed by atoms with Gasteiger partial charge in [-0.25, -0.2) is 0 Å². The molecule has 0 unspecified atom stereocenters. The largest absolute Gasteiger partial charge is 0.0985 e. The normalized spacial score (nSPS) is 10.6. The Hall–Kier alpha value is -0.823. The van der Waals surface area contributed by atoms with Gasteiger partial charge in [0.15, 0.2) is 0 Å². The van der Waals surface area contributed by atoms with Crippen LogP contribution in [0.25, 0.3) is 6.08 Å². The summed E-state index contributed by atoms with van der Waals surface area (Å²) in [6.07, 6.45) is 1.91. The van der Waals surface area contributed by atoms with Gasteiger partial charge in [0, 0.05) is 0 Å². The second kappa shape index (κ2) is 4.14. The van der Waals surface area contributed by atoms with Gasteiger partial charge in [-0.1, -0.05) is 55.1 Å². The van der Waals surface area contributed by atoms with Crippen LogP contribution >= 0.6 is 0 Å². The fourth-order valence-electron chi connectivity index (χ4n) is 1.16. The van der Waals surface area contributed by atoms with Gasteiger partial charge in [0.25, 0.3) is 0 Å². The van der Waals surface area contributed by atoms with Crippen molar-refractivity contribution < 1.29 is 0 Å². The van der Waals surface area contributed by atoms with Crippen molar-refractivity contribution in [1.82, 2.24) is 0 Å². The van der Waals surface area contributed by atoms with Crippen LogP contribution in [0.1, 0.15) is 12.5 Å². The van der Waals surface area contributed by atoms with Crippen molar-refractivity contribution in [1.29, 1.82) is 0 Å². The van der Waals surface area contributed by atoms with E-state index in [2.05, 4.69) is 37.8 Å². The molecule has 0 fully saturated rings. The lowest BCUT2D eigenvalue weighted by atomic mass is 10.2. The van der Waals surface area contributed by atoms with E-state index in [1.54, 1.807) is 5.19 Å². The van der Waals surface area contributed by atoms with Crippen LogP contribution in [0.15, 0.2) is 30.8 Å². The molecule has 0 saturated carbocycles. The quantitative estimate of drug-likeness (QED) is 0.592. The molecule has 1 aromatic rings. The third-order valence-corrected chi connectivity index (χ3v) is 3.24. The summed E-state index contributed by atoms with van der Waals surface area (Å²) in [5.41, 5.74) is 1.25. The molecule has 0 spiro atoms. The van der Waals surface area contributed by atoms with Crippen molar-refractivity contribution in [2.75, 3.05) is 0 Å². The fourth-order valence-corrected chi connectivity index (χ4v) is 2.42. The molecule has 0 nitrogen and oxygen atoms in total. The summed E-state index contributed by atoms with van der Waals surface area (Å²) in [5, 5.41) is 1.55. The van der Waals surface area contributed by atoms with E-state index >= 15 is 0 Å². The summed E-state index contributed by atoms with van der Waals surface area (Å²) >= 11 is 0. The Morgan fingerprint density at radius 3 is 3.00 bits per heavy atom. The molecule has 0 heterocycles. The zero-order valence-electron chi connectivity index (χ0n) is 7.01. The molecule has 0 aliphatic rings. The first-order chi connectivity index (χ1) is 5.36. The first-order valence-corrected chi connectivity index (χ1v) is 5.79. The molecule has 0 amide bonds. The van der Waals surface area contributed by atoms with Crippen LogP contribution < -0.4 is 5.19 Å². The van der Waals surface area contributed by atoms with Crippen LogP contribution in [-0.4, -0.2) is 9.52 Å². The van der Waals surface area contributed by atoms with Gasteiger partial charge in [0.05, 0.1) is 9.52 Å². The van der Waals surface area contributed by atoms with Crippen molar-refractivity contribution in [3.8, 4) is 0 Å². The van der Waals surface area contributed by atoms with E-state index in [0.29, 0.717) is 0 Å². The molecule has 0 radical (unpaired) electrons. The lowest BCUT2D eigenvalue weighted by molar-refractivity contribution is 1.46. The smallest absolute Gasteiger partial charge is 0.0545 e. The van der Waals surface area contributed by atoms with Gasteiger partial charge >= 0.3 is 0 Å². The Labute approximate surface area is 70.8 Å². The molecule has 0 aliphatic carbocycles. The summed E-state index contributed by atoms with van der Waals surface area (Å²) in [7, 11) is 0.0205. The maximum atomic E-state index is 3.75. The molecule has 0 saturated heterocycles. The van der Waals surface area contributed by atoms with Crippen molar-refractivity contribution >= 4 is 20.8 Å². The van der Waals surface area contributed by atoms with Crippen molar-refractivity contribution in [3.63, 3.8) is 0 Å². The molecule has 0 atom stereocenters. The Balaban J connectivity index is 2.82. The van der Waals surface area contributed by atoms with Crippen LogP contribution in [-0.2, 0) is 0 Å². The number of hydrogen-bond donors (Lipinski definition) is 0. The molecule has 58 valence electrons. The minimum Gasteiger partial charge on any atom is -0.0985 e. The van der Waals surface area contributed by atoms with Crippen LogP contribution in [0.2, 0.25) is 6.04 Å². The van der Waals surface area contributed by atoms with Crippen LogP contribution in [0.5, 0.6) is 0 Å². The second-order valence-corrected chi connectivity index (χ2v) is 5.02. The number of benzene rings is 1. The summed E-state index contributed by atoms with van der Waals surface area (Å²) in [6, 6.07) is 10.0. The molecular weight excluding hydrogens is 148 g/mol. The Kier molecular flexibility index (Phi) is 3.11. The van der Waals surface area contributed by atoms with Gasteiger partial charge in [-0.3, -0.25) is 0 Å². The van der Waals surface area contributed by atoms with Crippen LogP contribution in [0.3, 0.4) is 0 Å². The fraction of sp³-hybridized carbons (Fsp3) is 0.200. The second-order valence-electron chi connectivity index (χ2n) is 2.70. The summed E-state index contributed by atoms with van der Waals surface area (Å²) in [6.45, 7) is 6.00. The molecule has 0 aliphatic heterocycles. The molecule has 1 aromatic carbocycles. The molecular formula is C10H14Si. The third kappa shape index (κ3) is 2.35. The average Bonchev–Trinajstić information content (AvgIpc) is 2.06. The maximum absolute atomic E-state index is 3.75. The zero-order chi connectivity index (χ0) is 8.10. The standard InChI is InChI=1S/C10H14Si/c1-3-9-6-5-7-10(8-9)11-4-2/h3,5-8H,1,4,11H2,2H3. The monoisotopic (exact) mass is 162 g/mol. The average molecular weight is 162 g/mol. The van der Waals surface area contributed by atoms with Crippen molar-refractivity contribution in [3.05, 3.63) is 36.4 Å². The highest BCUT2D eigenvalue weighted by atomic mass is 28.2. The molecule has 0 bridgehead atoms. The van der Waals surface area contributed by atoms with E-state index in [0.717, 1.165) is 0 Å². The summed E-state index contributed by atoms with van der Waals surface area (Å²) in [4.78, 5) is 0. The SMILES string of the molecule is C=Cc1cccc([SiH2]CC)c1. The molecule has 0 aromatic heterocycles. The lowest BCUT2D eigenvalue weighted by Gasteiger charge is -1.98. The van der Waals surface area contributed by atoms with E-state index in [9.17, 15) is 0 Å². The van der Waals surface area contributed by atoms with E-state index in [-0.39, 0.29) is 9.52 Å². The predicted molar refractivity (Wildman–Crippen MR) is 55.2 cm³/mol. The first-order valence-electron chi connectivity index (χ1n) is 4.08. The van der Waals surface area contributed by atoms with Gasteiger partial charge in [0.1, 0.15) is 0 Å². The highest BCUT2D eigenvalue weighted by Gasteiger charge is 1.90. The number of rotatable bonds is 3. The predicted octanol–water partition coefficient (Wildman–Crippen LogP) is 1.56. The van der Waals surface area contributed by atoms with E-state index in [1.807, 2.05) is 6.08 Å². The minimum absolute atomic E-state index is 0.0205. The van der Waals surface area contributed by atoms with Gasteiger partial charge in [0.2, 0.25) is 0 Å². The van der Waals surface area contributed by atoms with Gasteiger partial charge in [-0.05, 0) is 5.56 Å². The minimum atomic E-state index is 0.0205. The Morgan fingerprint density at radius 2 is 2.36 bits per heavy atom.